The zero-order valence-electron chi connectivity index (χ0n) is 12.8. The molecule has 1 fully saturated rings. The summed E-state index contributed by atoms with van der Waals surface area (Å²) in [6, 6.07) is 1.65. The van der Waals surface area contributed by atoms with E-state index in [0.717, 1.165) is 29.2 Å². The first-order valence-electron chi connectivity index (χ1n) is 7.51. The van der Waals surface area contributed by atoms with Crippen molar-refractivity contribution >= 4 is 11.3 Å². The number of H-pyrrole nitrogens is 1. The van der Waals surface area contributed by atoms with Crippen molar-refractivity contribution in [3.63, 3.8) is 0 Å². The van der Waals surface area contributed by atoms with Gasteiger partial charge in [-0.15, -0.1) is 11.3 Å². The number of nitrogens with zero attached hydrogens (tertiary/aromatic N) is 2. The average Bonchev–Trinajstić information content (AvgIpc) is 3.09. The molecule has 1 N–H and O–H groups in total. The van der Waals surface area contributed by atoms with Crippen LogP contribution in [0.2, 0.25) is 0 Å². The number of aromatic amines is 1. The lowest BCUT2D eigenvalue weighted by atomic mass is 9.98. The van der Waals surface area contributed by atoms with Crippen LogP contribution in [0.4, 0.5) is 0 Å². The predicted molar refractivity (Wildman–Crippen MR) is 85.9 cm³/mol. The minimum atomic E-state index is -0.0767. The fourth-order valence-electron chi connectivity index (χ4n) is 2.76. The molecule has 0 radical (unpaired) electrons. The number of thiazole rings is 1. The highest BCUT2D eigenvalue weighted by molar-refractivity contribution is 7.10. The molecule has 0 unspecified atom stereocenters. The van der Waals surface area contributed by atoms with Gasteiger partial charge in [0.2, 0.25) is 0 Å². The van der Waals surface area contributed by atoms with Crippen LogP contribution in [0, 0.1) is 0 Å². The summed E-state index contributed by atoms with van der Waals surface area (Å²) >= 11 is 1.62. The second-order valence-electron chi connectivity index (χ2n) is 6.79. The van der Waals surface area contributed by atoms with E-state index in [1.54, 1.807) is 17.4 Å². The predicted octanol–water partition coefficient (Wildman–Crippen LogP) is 3.85. The standard InChI is InChI=1S/C16H21N3OS/c1-16(2,3)15-18-12(9-21-15)14-17-11(8-13(20)19-14)10-6-4-5-7-10/h8-10H,4-7H2,1-3H3,(H,17,19,20). The fourth-order valence-corrected chi connectivity index (χ4v) is 3.65. The Morgan fingerprint density at radius 3 is 2.57 bits per heavy atom. The second-order valence-corrected chi connectivity index (χ2v) is 7.65. The molecule has 0 aromatic carbocycles. The zero-order chi connectivity index (χ0) is 15.0. The van der Waals surface area contributed by atoms with Crippen LogP contribution in [0.15, 0.2) is 16.2 Å². The van der Waals surface area contributed by atoms with Gasteiger partial charge in [0.1, 0.15) is 5.69 Å². The van der Waals surface area contributed by atoms with Crippen LogP contribution >= 0.6 is 11.3 Å². The first kappa shape index (κ1) is 14.4. The molecule has 0 bridgehead atoms. The van der Waals surface area contributed by atoms with Gasteiger partial charge in [0.05, 0.1) is 10.7 Å². The van der Waals surface area contributed by atoms with Crippen molar-refractivity contribution in [2.45, 2.75) is 57.8 Å². The third-order valence-electron chi connectivity index (χ3n) is 3.92. The number of aromatic nitrogens is 3. The van der Waals surface area contributed by atoms with Gasteiger partial charge in [-0.3, -0.25) is 4.79 Å². The molecule has 0 atom stereocenters. The molecule has 0 amide bonds. The number of hydrogen-bond acceptors (Lipinski definition) is 4. The van der Waals surface area contributed by atoms with Crippen molar-refractivity contribution < 1.29 is 0 Å². The van der Waals surface area contributed by atoms with Gasteiger partial charge < -0.3 is 4.98 Å². The molecule has 0 aliphatic heterocycles. The van der Waals surface area contributed by atoms with Crippen LogP contribution in [-0.4, -0.2) is 15.0 Å². The summed E-state index contributed by atoms with van der Waals surface area (Å²) in [6.45, 7) is 6.42. The normalized spacial score (nSPS) is 16.5. The van der Waals surface area contributed by atoms with Crippen molar-refractivity contribution in [3.8, 4) is 11.5 Å². The number of rotatable bonds is 2. The van der Waals surface area contributed by atoms with Crippen molar-refractivity contribution in [2.75, 3.05) is 0 Å². The summed E-state index contributed by atoms with van der Waals surface area (Å²) < 4.78 is 0. The first-order valence-corrected chi connectivity index (χ1v) is 8.39. The summed E-state index contributed by atoms with van der Waals surface area (Å²) in [6.07, 6.45) is 4.75. The Morgan fingerprint density at radius 1 is 1.24 bits per heavy atom. The van der Waals surface area contributed by atoms with Crippen LogP contribution in [0.3, 0.4) is 0 Å². The van der Waals surface area contributed by atoms with Crippen molar-refractivity contribution in [1.82, 2.24) is 15.0 Å². The maximum Gasteiger partial charge on any atom is 0.251 e. The van der Waals surface area contributed by atoms with Gasteiger partial charge in [0.25, 0.3) is 5.56 Å². The minimum absolute atomic E-state index is 0.0201. The van der Waals surface area contributed by atoms with Crippen LogP contribution in [-0.2, 0) is 5.41 Å². The maximum absolute atomic E-state index is 11.9. The highest BCUT2D eigenvalue weighted by Gasteiger charge is 2.22. The highest BCUT2D eigenvalue weighted by atomic mass is 32.1. The summed E-state index contributed by atoms with van der Waals surface area (Å²) in [5.74, 6) is 1.04. The third kappa shape index (κ3) is 3.07. The Balaban J connectivity index is 1.98. The molecule has 5 heteroatoms. The summed E-state index contributed by atoms with van der Waals surface area (Å²) in [4.78, 5) is 24.1. The molecule has 4 nitrogen and oxygen atoms in total. The molecule has 112 valence electrons. The Morgan fingerprint density at radius 2 is 1.95 bits per heavy atom. The molecular weight excluding hydrogens is 282 g/mol. The lowest BCUT2D eigenvalue weighted by Gasteiger charge is -2.13. The van der Waals surface area contributed by atoms with Gasteiger partial charge in [0.15, 0.2) is 5.82 Å². The lowest BCUT2D eigenvalue weighted by Crippen LogP contribution is -2.13. The third-order valence-corrected chi connectivity index (χ3v) is 5.19. The van der Waals surface area contributed by atoms with E-state index in [2.05, 4.69) is 35.7 Å². The molecule has 1 aliphatic carbocycles. The average molecular weight is 303 g/mol. The molecule has 21 heavy (non-hydrogen) atoms. The molecule has 3 rings (SSSR count). The van der Waals surface area contributed by atoms with Crippen molar-refractivity contribution in [1.29, 1.82) is 0 Å². The van der Waals surface area contributed by atoms with Crippen LogP contribution in [0.5, 0.6) is 0 Å². The van der Waals surface area contributed by atoms with E-state index in [-0.39, 0.29) is 11.0 Å². The van der Waals surface area contributed by atoms with Crippen molar-refractivity contribution in [3.05, 3.63) is 32.5 Å². The molecule has 0 spiro atoms. The van der Waals surface area contributed by atoms with E-state index in [4.69, 9.17) is 0 Å². The van der Waals surface area contributed by atoms with Gasteiger partial charge in [-0.05, 0) is 12.8 Å². The van der Waals surface area contributed by atoms with Crippen molar-refractivity contribution in [2.24, 2.45) is 0 Å². The Bertz CT molecular complexity index is 690. The molecule has 1 saturated carbocycles. The molecule has 2 aromatic heterocycles. The van der Waals surface area contributed by atoms with Gasteiger partial charge >= 0.3 is 0 Å². The Kier molecular flexibility index (Phi) is 3.69. The largest absolute Gasteiger partial charge is 0.305 e. The molecule has 2 heterocycles. The van der Waals surface area contributed by atoms with E-state index >= 15 is 0 Å². The zero-order valence-corrected chi connectivity index (χ0v) is 13.6. The molecule has 0 saturated heterocycles. The SMILES string of the molecule is CC(C)(C)c1nc(-c2nc(C3CCCC3)cc(=O)[nH]2)cs1. The summed E-state index contributed by atoms with van der Waals surface area (Å²) in [5, 5.41) is 3.04. The first-order chi connectivity index (χ1) is 9.93. The fraction of sp³-hybridized carbons (Fsp3) is 0.562. The van der Waals surface area contributed by atoms with Gasteiger partial charge in [-0.1, -0.05) is 33.6 Å². The minimum Gasteiger partial charge on any atom is -0.305 e. The number of hydrogen-bond donors (Lipinski definition) is 1. The Hall–Kier alpha value is -1.49. The molecule has 1 aliphatic rings. The summed E-state index contributed by atoms with van der Waals surface area (Å²) in [7, 11) is 0. The van der Waals surface area contributed by atoms with Gasteiger partial charge in [-0.2, -0.15) is 0 Å². The van der Waals surface area contributed by atoms with Crippen LogP contribution in [0.1, 0.15) is 63.1 Å². The monoisotopic (exact) mass is 303 g/mol. The van der Waals surface area contributed by atoms with E-state index in [0.29, 0.717) is 11.7 Å². The molecular formula is C16H21N3OS. The molecule has 2 aromatic rings. The second kappa shape index (κ2) is 5.37. The van der Waals surface area contributed by atoms with E-state index < -0.39 is 0 Å². The smallest absolute Gasteiger partial charge is 0.251 e. The van der Waals surface area contributed by atoms with E-state index in [1.807, 2.05) is 5.38 Å². The topological polar surface area (TPSA) is 58.6 Å². The van der Waals surface area contributed by atoms with E-state index in [1.165, 1.54) is 12.8 Å². The highest BCUT2D eigenvalue weighted by Crippen LogP contribution is 2.33. The number of nitrogens with one attached hydrogen (secondary N) is 1. The Labute approximate surface area is 128 Å². The lowest BCUT2D eigenvalue weighted by molar-refractivity contribution is 0.585. The quantitative estimate of drug-likeness (QED) is 0.916. The van der Waals surface area contributed by atoms with Gasteiger partial charge in [-0.25, -0.2) is 9.97 Å². The van der Waals surface area contributed by atoms with Crippen LogP contribution < -0.4 is 5.56 Å². The van der Waals surface area contributed by atoms with E-state index in [9.17, 15) is 4.79 Å². The maximum atomic E-state index is 11.9. The van der Waals surface area contributed by atoms with Gasteiger partial charge in [0, 0.05) is 22.8 Å². The van der Waals surface area contributed by atoms with Crippen LogP contribution in [0.25, 0.3) is 11.5 Å². The summed E-state index contributed by atoms with van der Waals surface area (Å²) in [5.41, 5.74) is 1.65.